The molecule has 1 aliphatic heterocycles. The van der Waals surface area contributed by atoms with E-state index in [0.29, 0.717) is 25.9 Å². The fraction of sp³-hybridized carbons (Fsp3) is 0.538. The fourth-order valence-electron chi connectivity index (χ4n) is 2.22. The summed E-state index contributed by atoms with van der Waals surface area (Å²) in [6.45, 7) is 2.59. The molecular weight excluding hydrogens is 330 g/mol. The van der Waals surface area contributed by atoms with Crippen molar-refractivity contribution in [1.29, 1.82) is 0 Å². The topological polar surface area (TPSA) is 57.6 Å². The molecule has 1 N–H and O–H groups in total. The largest absolute Gasteiger partial charge is 0.481 e. The summed E-state index contributed by atoms with van der Waals surface area (Å²) in [4.78, 5) is 26.0. The van der Waals surface area contributed by atoms with Crippen molar-refractivity contribution in [3.05, 3.63) is 20.8 Å². The number of aliphatic carboxylic acids is 1. The molecule has 1 atom stereocenters. The second-order valence-corrected chi connectivity index (χ2v) is 7.07. The van der Waals surface area contributed by atoms with Crippen molar-refractivity contribution in [2.75, 3.05) is 13.1 Å². The van der Waals surface area contributed by atoms with E-state index < -0.39 is 11.4 Å². The molecular formula is C13H16BrNO3S. The van der Waals surface area contributed by atoms with Crippen LogP contribution in [0.5, 0.6) is 0 Å². The van der Waals surface area contributed by atoms with Crippen molar-refractivity contribution in [1.82, 2.24) is 4.90 Å². The van der Waals surface area contributed by atoms with Gasteiger partial charge in [-0.3, -0.25) is 9.59 Å². The Morgan fingerprint density at radius 1 is 1.58 bits per heavy atom. The number of nitrogens with zero attached hydrogens (tertiary/aromatic N) is 1. The predicted octanol–water partition coefficient (Wildman–Crippen LogP) is 2.77. The van der Waals surface area contributed by atoms with Crippen molar-refractivity contribution in [3.63, 3.8) is 0 Å². The van der Waals surface area contributed by atoms with Gasteiger partial charge < -0.3 is 10.0 Å². The van der Waals surface area contributed by atoms with Crippen molar-refractivity contribution in [2.45, 2.75) is 26.2 Å². The average molecular weight is 346 g/mol. The molecule has 4 nitrogen and oxygen atoms in total. The third kappa shape index (κ3) is 3.36. The number of aryl methyl sites for hydroxylation is 1. The Balaban J connectivity index is 1.86. The molecule has 0 spiro atoms. The number of carboxylic acid groups (broad SMARTS) is 1. The molecule has 19 heavy (non-hydrogen) atoms. The summed E-state index contributed by atoms with van der Waals surface area (Å²) in [5.74, 6) is -0.764. The molecule has 1 fully saturated rings. The molecule has 6 heteroatoms. The van der Waals surface area contributed by atoms with Gasteiger partial charge in [0.25, 0.3) is 0 Å². The van der Waals surface area contributed by atoms with Crippen LogP contribution >= 0.6 is 27.3 Å². The van der Waals surface area contributed by atoms with Crippen LogP contribution in [0.2, 0.25) is 0 Å². The van der Waals surface area contributed by atoms with Gasteiger partial charge in [0, 0.05) is 34.2 Å². The van der Waals surface area contributed by atoms with Gasteiger partial charge in [0.15, 0.2) is 0 Å². The summed E-state index contributed by atoms with van der Waals surface area (Å²) in [5.41, 5.74) is -0.776. The highest BCUT2D eigenvalue weighted by atomic mass is 79.9. The van der Waals surface area contributed by atoms with Gasteiger partial charge in [-0.05, 0) is 41.8 Å². The molecule has 0 aromatic carbocycles. The second kappa shape index (κ2) is 5.63. The normalized spacial score (nSPS) is 22.7. The lowest BCUT2D eigenvalue weighted by Gasteiger charge is -2.20. The highest BCUT2D eigenvalue weighted by Gasteiger charge is 2.41. The highest BCUT2D eigenvalue weighted by molar-refractivity contribution is 9.10. The van der Waals surface area contributed by atoms with E-state index in [2.05, 4.69) is 15.9 Å². The van der Waals surface area contributed by atoms with E-state index in [9.17, 15) is 9.59 Å². The highest BCUT2D eigenvalue weighted by Crippen LogP contribution is 2.30. The van der Waals surface area contributed by atoms with Gasteiger partial charge in [0.05, 0.1) is 5.41 Å². The van der Waals surface area contributed by atoms with Crippen molar-refractivity contribution in [2.24, 2.45) is 5.41 Å². The number of carbonyl (C=O) groups is 2. The number of likely N-dealkylation sites (tertiary alicyclic amines) is 1. The van der Waals surface area contributed by atoms with Crippen LogP contribution in [-0.2, 0) is 16.0 Å². The van der Waals surface area contributed by atoms with Crippen molar-refractivity contribution in [3.8, 4) is 0 Å². The van der Waals surface area contributed by atoms with Crippen LogP contribution in [0.1, 0.15) is 24.6 Å². The summed E-state index contributed by atoms with van der Waals surface area (Å²) >= 11 is 5.01. The molecule has 104 valence electrons. The van der Waals surface area contributed by atoms with Crippen LogP contribution in [0.25, 0.3) is 0 Å². The fourth-order valence-corrected chi connectivity index (χ4v) is 3.68. The van der Waals surface area contributed by atoms with E-state index in [1.807, 2.05) is 11.4 Å². The van der Waals surface area contributed by atoms with E-state index in [-0.39, 0.29) is 5.91 Å². The van der Waals surface area contributed by atoms with E-state index in [1.165, 1.54) is 4.88 Å². The second-order valence-electron chi connectivity index (χ2n) is 5.16. The first-order chi connectivity index (χ1) is 8.90. The maximum atomic E-state index is 12.1. The molecule has 1 saturated heterocycles. The number of hydrogen-bond donors (Lipinski definition) is 1. The van der Waals surface area contributed by atoms with Crippen LogP contribution in [0.3, 0.4) is 0 Å². The summed E-state index contributed by atoms with van der Waals surface area (Å²) in [6.07, 6.45) is 1.71. The standard InChI is InChI=1S/C13H16BrNO3S/c1-13(12(17)18)4-5-15(8-13)11(16)3-2-10-6-9(14)7-19-10/h6-7H,2-5,8H2,1H3,(H,17,18)/t13-/m0/s1. The molecule has 1 aromatic rings. The van der Waals surface area contributed by atoms with Crippen LogP contribution in [0.4, 0.5) is 0 Å². The molecule has 2 heterocycles. The minimum absolute atomic E-state index is 0.0505. The van der Waals surface area contributed by atoms with E-state index in [4.69, 9.17) is 5.11 Å². The van der Waals surface area contributed by atoms with Gasteiger partial charge in [-0.1, -0.05) is 0 Å². The zero-order valence-corrected chi connectivity index (χ0v) is 13.1. The quantitative estimate of drug-likeness (QED) is 0.912. The lowest BCUT2D eigenvalue weighted by atomic mass is 9.90. The number of rotatable bonds is 4. The Hall–Kier alpha value is -0.880. The number of amides is 1. The van der Waals surface area contributed by atoms with Crippen LogP contribution in [-0.4, -0.2) is 35.0 Å². The maximum absolute atomic E-state index is 12.1. The summed E-state index contributed by atoms with van der Waals surface area (Å²) in [6, 6.07) is 2.02. The first-order valence-corrected chi connectivity index (χ1v) is 7.82. The Labute approximate surface area is 124 Å². The minimum Gasteiger partial charge on any atom is -0.481 e. The summed E-state index contributed by atoms with van der Waals surface area (Å²) in [7, 11) is 0. The van der Waals surface area contributed by atoms with E-state index in [0.717, 1.165) is 10.9 Å². The molecule has 0 bridgehead atoms. The maximum Gasteiger partial charge on any atom is 0.311 e. The number of carboxylic acids is 1. The molecule has 1 amide bonds. The summed E-state index contributed by atoms with van der Waals surface area (Å²) < 4.78 is 1.04. The summed E-state index contributed by atoms with van der Waals surface area (Å²) in [5, 5.41) is 11.1. The first kappa shape index (κ1) is 14.5. The molecule has 0 unspecified atom stereocenters. The molecule has 1 aromatic heterocycles. The van der Waals surface area contributed by atoms with E-state index >= 15 is 0 Å². The smallest absolute Gasteiger partial charge is 0.311 e. The van der Waals surface area contributed by atoms with Crippen LogP contribution < -0.4 is 0 Å². The Bertz CT molecular complexity index is 502. The third-order valence-electron chi connectivity index (χ3n) is 3.55. The number of carbonyl (C=O) groups excluding carboxylic acids is 1. The van der Waals surface area contributed by atoms with Crippen molar-refractivity contribution < 1.29 is 14.7 Å². The monoisotopic (exact) mass is 345 g/mol. The average Bonchev–Trinajstić information content (AvgIpc) is 2.94. The van der Waals surface area contributed by atoms with Gasteiger partial charge in [-0.2, -0.15) is 0 Å². The molecule has 0 aliphatic carbocycles. The Kier molecular flexibility index (Phi) is 4.30. The van der Waals surface area contributed by atoms with Gasteiger partial charge in [0.1, 0.15) is 0 Å². The molecule has 2 rings (SSSR count). The van der Waals surface area contributed by atoms with Crippen LogP contribution in [0.15, 0.2) is 15.9 Å². The predicted molar refractivity (Wildman–Crippen MR) is 77.3 cm³/mol. The number of halogens is 1. The third-order valence-corrected chi connectivity index (χ3v) is 5.31. The molecule has 0 radical (unpaired) electrons. The van der Waals surface area contributed by atoms with Gasteiger partial charge >= 0.3 is 5.97 Å². The van der Waals surface area contributed by atoms with Crippen molar-refractivity contribution >= 4 is 39.1 Å². The van der Waals surface area contributed by atoms with Gasteiger partial charge in [-0.15, -0.1) is 11.3 Å². The number of hydrogen-bond acceptors (Lipinski definition) is 3. The SMILES string of the molecule is C[C@]1(C(=O)O)CCN(C(=O)CCc2cc(Br)cs2)C1. The van der Waals surface area contributed by atoms with Crippen LogP contribution in [0, 0.1) is 5.41 Å². The van der Waals surface area contributed by atoms with Gasteiger partial charge in [-0.25, -0.2) is 0 Å². The Morgan fingerprint density at radius 2 is 2.32 bits per heavy atom. The zero-order valence-electron chi connectivity index (χ0n) is 10.7. The number of thiophene rings is 1. The first-order valence-electron chi connectivity index (χ1n) is 6.15. The Morgan fingerprint density at radius 3 is 2.84 bits per heavy atom. The van der Waals surface area contributed by atoms with E-state index in [1.54, 1.807) is 23.2 Å². The molecule has 1 aliphatic rings. The lowest BCUT2D eigenvalue weighted by Crippen LogP contribution is -2.34. The lowest BCUT2D eigenvalue weighted by molar-refractivity contribution is -0.147. The molecule has 0 saturated carbocycles. The zero-order chi connectivity index (χ0) is 14.0. The van der Waals surface area contributed by atoms with Gasteiger partial charge in [0.2, 0.25) is 5.91 Å². The minimum atomic E-state index is -0.815.